The van der Waals surface area contributed by atoms with Crippen LogP contribution in [0.5, 0.6) is 0 Å². The van der Waals surface area contributed by atoms with Crippen LogP contribution in [0.3, 0.4) is 0 Å². The zero-order chi connectivity index (χ0) is 17.0. The second-order valence-electron chi connectivity index (χ2n) is 7.92. The summed E-state index contributed by atoms with van der Waals surface area (Å²) in [5, 5.41) is 13.7. The maximum atomic E-state index is 12.6. The molecule has 0 radical (unpaired) electrons. The van der Waals surface area contributed by atoms with Gasteiger partial charge in [-0.25, -0.2) is 0 Å². The summed E-state index contributed by atoms with van der Waals surface area (Å²) >= 11 is 0. The van der Waals surface area contributed by atoms with Gasteiger partial charge in [-0.05, 0) is 52.1 Å². The first-order valence-electron chi connectivity index (χ1n) is 9.56. The van der Waals surface area contributed by atoms with E-state index in [1.165, 1.54) is 0 Å². The third-order valence-corrected chi connectivity index (χ3v) is 6.04. The number of amides is 1. The van der Waals surface area contributed by atoms with Crippen LogP contribution in [0.25, 0.3) is 0 Å². The van der Waals surface area contributed by atoms with Crippen LogP contribution in [0.2, 0.25) is 0 Å². The highest BCUT2D eigenvalue weighted by Crippen LogP contribution is 2.24. The maximum Gasteiger partial charge on any atom is 0.224 e. The molecule has 1 atom stereocenters. The van der Waals surface area contributed by atoms with E-state index < -0.39 is 5.60 Å². The minimum atomic E-state index is -0.725. The molecule has 6 heteroatoms. The summed E-state index contributed by atoms with van der Waals surface area (Å²) in [6.45, 7) is 5.84. The van der Waals surface area contributed by atoms with Crippen molar-refractivity contribution in [3.05, 3.63) is 0 Å². The number of nitrogens with one attached hydrogen (secondary N) is 1. The van der Waals surface area contributed by atoms with E-state index in [0.29, 0.717) is 12.6 Å². The number of rotatable bonds is 4. The summed E-state index contributed by atoms with van der Waals surface area (Å²) < 4.78 is 5.45. The van der Waals surface area contributed by atoms with Crippen molar-refractivity contribution in [1.82, 2.24) is 15.1 Å². The van der Waals surface area contributed by atoms with Gasteiger partial charge >= 0.3 is 0 Å². The maximum absolute atomic E-state index is 12.6. The molecule has 3 heterocycles. The van der Waals surface area contributed by atoms with Crippen molar-refractivity contribution in [3.63, 3.8) is 0 Å². The Bertz CT molecular complexity index is 418. The van der Waals surface area contributed by atoms with E-state index in [0.717, 1.165) is 77.9 Å². The number of carbonyl (C=O) groups excluding carboxylic acids is 1. The van der Waals surface area contributed by atoms with E-state index in [4.69, 9.17) is 4.74 Å². The molecule has 3 aliphatic rings. The molecule has 0 aliphatic carbocycles. The first-order valence-corrected chi connectivity index (χ1v) is 9.56. The van der Waals surface area contributed by atoms with Crippen LogP contribution >= 0.6 is 0 Å². The molecule has 0 unspecified atom stereocenters. The predicted octanol–water partition coefficient (Wildman–Crippen LogP) is 0.450. The molecule has 24 heavy (non-hydrogen) atoms. The quantitative estimate of drug-likeness (QED) is 0.779. The molecule has 1 amide bonds. The van der Waals surface area contributed by atoms with E-state index >= 15 is 0 Å². The van der Waals surface area contributed by atoms with Crippen molar-refractivity contribution in [2.75, 3.05) is 53.0 Å². The summed E-state index contributed by atoms with van der Waals surface area (Å²) in [6.07, 6.45) is 5.70. The van der Waals surface area contributed by atoms with Crippen LogP contribution in [0.15, 0.2) is 0 Å². The SMILES string of the molecule is CN1CCC(O)(CNC(=O)[C@@H]2CCCN(C3CCOCC3)C2)CC1. The van der Waals surface area contributed by atoms with E-state index in [1.54, 1.807) is 0 Å². The predicted molar refractivity (Wildman–Crippen MR) is 92.8 cm³/mol. The smallest absolute Gasteiger partial charge is 0.224 e. The van der Waals surface area contributed by atoms with Crippen LogP contribution < -0.4 is 5.32 Å². The van der Waals surface area contributed by atoms with Crippen LogP contribution in [0.1, 0.15) is 38.5 Å². The van der Waals surface area contributed by atoms with Crippen molar-refractivity contribution in [2.45, 2.75) is 50.2 Å². The Kier molecular flexibility index (Phi) is 6.13. The van der Waals surface area contributed by atoms with Gasteiger partial charge in [-0.15, -0.1) is 0 Å². The summed E-state index contributed by atoms with van der Waals surface area (Å²) in [7, 11) is 2.07. The number of likely N-dealkylation sites (tertiary alicyclic amines) is 2. The lowest BCUT2D eigenvalue weighted by Gasteiger charge is -2.40. The zero-order valence-electron chi connectivity index (χ0n) is 15.0. The molecule has 0 saturated carbocycles. The van der Waals surface area contributed by atoms with Gasteiger partial charge in [0.15, 0.2) is 0 Å². The van der Waals surface area contributed by atoms with Crippen molar-refractivity contribution < 1.29 is 14.6 Å². The molecule has 3 rings (SSSR count). The Morgan fingerprint density at radius 2 is 1.92 bits per heavy atom. The number of aliphatic hydroxyl groups is 1. The van der Waals surface area contributed by atoms with Gasteiger partial charge in [0, 0.05) is 45.4 Å². The van der Waals surface area contributed by atoms with Gasteiger partial charge in [0.05, 0.1) is 11.5 Å². The lowest BCUT2D eigenvalue weighted by atomic mass is 9.90. The number of hydrogen-bond acceptors (Lipinski definition) is 5. The van der Waals surface area contributed by atoms with Crippen LogP contribution in [0, 0.1) is 5.92 Å². The third-order valence-electron chi connectivity index (χ3n) is 6.04. The topological polar surface area (TPSA) is 65.0 Å². The minimum Gasteiger partial charge on any atom is -0.388 e. The van der Waals surface area contributed by atoms with E-state index in [-0.39, 0.29) is 11.8 Å². The Balaban J connectivity index is 1.45. The molecular formula is C18H33N3O3. The number of hydrogen-bond donors (Lipinski definition) is 2. The summed E-state index contributed by atoms with van der Waals surface area (Å²) in [6, 6.07) is 0.576. The molecule has 138 valence electrons. The lowest BCUT2D eigenvalue weighted by molar-refractivity contribution is -0.129. The monoisotopic (exact) mass is 339 g/mol. The highest BCUT2D eigenvalue weighted by Gasteiger charge is 2.34. The fourth-order valence-electron chi connectivity index (χ4n) is 4.21. The van der Waals surface area contributed by atoms with E-state index in [1.807, 2.05) is 0 Å². The fraction of sp³-hybridized carbons (Fsp3) is 0.944. The van der Waals surface area contributed by atoms with E-state index in [2.05, 4.69) is 22.2 Å². The standard InChI is InChI=1S/C18H33N3O3/c1-20-9-6-18(23,7-10-20)14-19-17(22)15-3-2-8-21(13-15)16-4-11-24-12-5-16/h15-16,23H,2-14H2,1H3,(H,19,22)/t15-/m1/s1. The van der Waals surface area contributed by atoms with Crippen LogP contribution in [0.4, 0.5) is 0 Å². The molecule has 3 fully saturated rings. The molecule has 6 nitrogen and oxygen atoms in total. The van der Waals surface area contributed by atoms with Crippen LogP contribution in [-0.4, -0.2) is 85.4 Å². The zero-order valence-corrected chi connectivity index (χ0v) is 15.0. The summed E-state index contributed by atoms with van der Waals surface area (Å²) in [5.41, 5.74) is -0.725. The second kappa shape index (κ2) is 8.13. The number of piperidine rings is 2. The Labute approximate surface area is 145 Å². The second-order valence-corrected chi connectivity index (χ2v) is 7.92. The fourth-order valence-corrected chi connectivity index (χ4v) is 4.21. The number of carbonyl (C=O) groups is 1. The molecule has 3 aliphatic heterocycles. The lowest BCUT2D eigenvalue weighted by Crippen LogP contribution is -2.53. The van der Waals surface area contributed by atoms with E-state index in [9.17, 15) is 9.90 Å². The van der Waals surface area contributed by atoms with Crippen molar-refractivity contribution in [1.29, 1.82) is 0 Å². The minimum absolute atomic E-state index is 0.0662. The highest BCUT2D eigenvalue weighted by molar-refractivity contribution is 5.79. The molecule has 0 aromatic carbocycles. The Morgan fingerprint density at radius 3 is 2.62 bits per heavy atom. The van der Waals surface area contributed by atoms with Gasteiger partial charge in [-0.3, -0.25) is 9.69 Å². The van der Waals surface area contributed by atoms with Gasteiger partial charge in [-0.2, -0.15) is 0 Å². The molecule has 0 aromatic heterocycles. The average molecular weight is 339 g/mol. The summed E-state index contributed by atoms with van der Waals surface area (Å²) in [5.74, 6) is 0.190. The molecule has 0 aromatic rings. The third kappa shape index (κ3) is 4.69. The average Bonchev–Trinajstić information content (AvgIpc) is 2.63. The van der Waals surface area contributed by atoms with Gasteiger partial charge in [0.25, 0.3) is 0 Å². The van der Waals surface area contributed by atoms with Crippen molar-refractivity contribution in [2.24, 2.45) is 5.92 Å². The van der Waals surface area contributed by atoms with Gasteiger partial charge in [0.2, 0.25) is 5.91 Å². The number of nitrogens with zero attached hydrogens (tertiary/aromatic N) is 2. The number of ether oxygens (including phenoxy) is 1. The molecule has 3 saturated heterocycles. The first kappa shape index (κ1) is 18.1. The highest BCUT2D eigenvalue weighted by atomic mass is 16.5. The van der Waals surface area contributed by atoms with Crippen molar-refractivity contribution in [3.8, 4) is 0 Å². The largest absolute Gasteiger partial charge is 0.388 e. The normalized spacial score (nSPS) is 30.2. The van der Waals surface area contributed by atoms with Gasteiger partial charge < -0.3 is 20.1 Å². The molecule has 2 N–H and O–H groups in total. The molecule has 0 spiro atoms. The summed E-state index contributed by atoms with van der Waals surface area (Å²) in [4.78, 5) is 17.3. The van der Waals surface area contributed by atoms with Gasteiger partial charge in [0.1, 0.15) is 0 Å². The van der Waals surface area contributed by atoms with Gasteiger partial charge in [-0.1, -0.05) is 0 Å². The molecule has 0 bridgehead atoms. The van der Waals surface area contributed by atoms with Crippen LogP contribution in [-0.2, 0) is 9.53 Å². The Hall–Kier alpha value is -0.690. The first-order chi connectivity index (χ1) is 11.6. The molecular weight excluding hydrogens is 306 g/mol. The van der Waals surface area contributed by atoms with Crippen molar-refractivity contribution >= 4 is 5.91 Å². The Morgan fingerprint density at radius 1 is 1.21 bits per heavy atom.